The van der Waals surface area contributed by atoms with Crippen LogP contribution in [0.4, 0.5) is 0 Å². The van der Waals surface area contributed by atoms with Crippen LogP contribution in [0.15, 0.2) is 0 Å². The molecule has 0 saturated heterocycles. The van der Waals surface area contributed by atoms with E-state index in [0.717, 1.165) is 19.3 Å². The van der Waals surface area contributed by atoms with Gasteiger partial charge in [-0.2, -0.15) is 0 Å². The molecule has 0 N–H and O–H groups in total. The maximum atomic E-state index is 12.4. The van der Waals surface area contributed by atoms with Gasteiger partial charge in [-0.3, -0.25) is 14.2 Å². The average Bonchev–Trinajstić information content (AvgIpc) is 2.91. The van der Waals surface area contributed by atoms with E-state index >= 15 is 0 Å². The van der Waals surface area contributed by atoms with Crippen LogP contribution in [0.5, 0.6) is 0 Å². The van der Waals surface area contributed by atoms with Crippen molar-refractivity contribution in [1.82, 2.24) is 0 Å². The number of esters is 2. The highest BCUT2D eigenvalue weighted by Crippen LogP contribution is 2.38. The molecule has 11 heteroatoms. The monoisotopic (exact) mass is 651 g/mol. The van der Waals surface area contributed by atoms with E-state index in [4.69, 9.17) is 23.3 Å². The van der Waals surface area contributed by atoms with E-state index < -0.39 is 32.5 Å². The van der Waals surface area contributed by atoms with Gasteiger partial charge < -0.3 is 32.6 Å². The maximum absolute atomic E-state index is 12.4. The quantitative estimate of drug-likeness (QED) is 0.0360. The zero-order valence-electron chi connectivity index (χ0n) is 29.2. The molecule has 2 unspecified atom stereocenters. The Morgan fingerprint density at radius 2 is 1.20 bits per heavy atom. The van der Waals surface area contributed by atoms with Crippen molar-refractivity contribution < 1.29 is 46.8 Å². The summed E-state index contributed by atoms with van der Waals surface area (Å²) in [6, 6.07) is 0. The Bertz CT molecular complexity index is 780. The fraction of sp³-hybridized carbons (Fsp3) is 0.939. The van der Waals surface area contributed by atoms with Gasteiger partial charge in [0, 0.05) is 19.4 Å². The van der Waals surface area contributed by atoms with E-state index in [1.54, 1.807) is 0 Å². The van der Waals surface area contributed by atoms with Crippen molar-refractivity contribution in [1.29, 1.82) is 0 Å². The van der Waals surface area contributed by atoms with Crippen molar-refractivity contribution in [3.63, 3.8) is 0 Å². The molecule has 0 aromatic carbocycles. The van der Waals surface area contributed by atoms with Crippen molar-refractivity contribution in [2.24, 2.45) is 0 Å². The lowest BCUT2D eigenvalue weighted by Crippen LogP contribution is -2.37. The molecular weight excluding hydrogens is 585 g/mol. The van der Waals surface area contributed by atoms with Crippen LogP contribution in [-0.4, -0.2) is 82.2 Å². The molecule has 262 valence electrons. The van der Waals surface area contributed by atoms with Crippen molar-refractivity contribution in [2.75, 3.05) is 54.1 Å². The molecule has 0 saturated carbocycles. The first-order chi connectivity index (χ1) is 20.6. The molecule has 0 heterocycles. The van der Waals surface area contributed by atoms with Crippen LogP contribution in [0.25, 0.3) is 0 Å². The Morgan fingerprint density at radius 1 is 0.705 bits per heavy atom. The Balaban J connectivity index is 4.43. The van der Waals surface area contributed by atoms with Crippen LogP contribution in [0.1, 0.15) is 137 Å². The van der Waals surface area contributed by atoms with E-state index in [-0.39, 0.29) is 31.7 Å². The fourth-order valence-corrected chi connectivity index (χ4v) is 5.02. The molecule has 0 aromatic heterocycles. The minimum atomic E-state index is -4.62. The van der Waals surface area contributed by atoms with Crippen molar-refractivity contribution in [3.05, 3.63) is 0 Å². The van der Waals surface area contributed by atoms with Gasteiger partial charge in [0.15, 0.2) is 6.10 Å². The molecule has 0 radical (unpaired) electrons. The Kier molecular flexibility index (Phi) is 24.5. The van der Waals surface area contributed by atoms with Crippen LogP contribution in [0.3, 0.4) is 0 Å². The minimum absolute atomic E-state index is 0.0422. The van der Waals surface area contributed by atoms with Crippen molar-refractivity contribution in [3.8, 4) is 0 Å². The first-order valence-electron chi connectivity index (χ1n) is 17.0. The molecule has 0 aliphatic rings. The fourth-order valence-electron chi connectivity index (χ4n) is 4.29. The molecule has 0 rings (SSSR count). The molecule has 2 atom stereocenters. The summed E-state index contributed by atoms with van der Waals surface area (Å²) in [5, 5.41) is 0. The highest BCUT2D eigenvalue weighted by molar-refractivity contribution is 7.45. The van der Waals surface area contributed by atoms with Crippen LogP contribution in [-0.2, 0) is 37.4 Å². The summed E-state index contributed by atoms with van der Waals surface area (Å²) in [6.07, 6.45) is 16.4. The van der Waals surface area contributed by atoms with E-state index in [1.807, 2.05) is 41.9 Å². The second-order valence-electron chi connectivity index (χ2n) is 13.8. The number of quaternary nitrogens is 1. The summed E-state index contributed by atoms with van der Waals surface area (Å²) < 4.78 is 39.1. The molecule has 44 heavy (non-hydrogen) atoms. The second-order valence-corrected chi connectivity index (χ2v) is 15.2. The van der Waals surface area contributed by atoms with Crippen LogP contribution in [0, 0.1) is 0 Å². The van der Waals surface area contributed by atoms with Crippen LogP contribution >= 0.6 is 7.82 Å². The maximum Gasteiger partial charge on any atom is 0.306 e. The van der Waals surface area contributed by atoms with E-state index in [0.29, 0.717) is 30.5 Å². The highest BCUT2D eigenvalue weighted by atomic mass is 31.2. The Hall–Kier alpha value is -1.03. The predicted octanol–water partition coefficient (Wildman–Crippen LogP) is 7.12. The largest absolute Gasteiger partial charge is 0.756 e. The molecular formula is C33H66NO9P. The number of phosphoric ester groups is 1. The average molecular weight is 652 g/mol. The number of likely N-dealkylation sites (N-methyl/N-ethyl adjacent to an activating group) is 1. The highest BCUT2D eigenvalue weighted by Gasteiger charge is 2.22. The summed E-state index contributed by atoms with van der Waals surface area (Å²) in [7, 11) is 1.12. The Labute approximate surface area is 269 Å². The molecule has 0 spiro atoms. The van der Waals surface area contributed by atoms with Gasteiger partial charge in [0.1, 0.15) is 19.8 Å². The first kappa shape index (κ1) is 43.0. The SMILES string of the molecule is CCCCCCCCCCCCCCCC(=O)OCC(COP(=O)([O-])OCC[N+](C)(C)C)OC(=O)CCCCOC(C)(C)C. The molecule has 0 aliphatic heterocycles. The summed E-state index contributed by atoms with van der Waals surface area (Å²) in [4.78, 5) is 37.0. The molecule has 0 aliphatic carbocycles. The number of ether oxygens (including phenoxy) is 3. The van der Waals surface area contributed by atoms with Gasteiger partial charge in [0.05, 0.1) is 33.4 Å². The second kappa shape index (κ2) is 25.1. The smallest absolute Gasteiger partial charge is 0.306 e. The third-order valence-electron chi connectivity index (χ3n) is 6.95. The number of hydrogen-bond acceptors (Lipinski definition) is 9. The number of hydrogen-bond donors (Lipinski definition) is 0. The number of unbranched alkanes of at least 4 members (excludes halogenated alkanes) is 13. The number of rotatable bonds is 29. The van der Waals surface area contributed by atoms with Crippen molar-refractivity contribution in [2.45, 2.75) is 149 Å². The number of nitrogens with zero attached hydrogens (tertiary/aromatic N) is 1. The van der Waals surface area contributed by atoms with E-state index in [1.165, 1.54) is 64.2 Å². The van der Waals surface area contributed by atoms with Gasteiger partial charge in [0.25, 0.3) is 7.82 Å². The zero-order valence-corrected chi connectivity index (χ0v) is 30.1. The van der Waals surface area contributed by atoms with E-state index in [9.17, 15) is 19.0 Å². The van der Waals surface area contributed by atoms with Gasteiger partial charge in [0.2, 0.25) is 0 Å². The van der Waals surface area contributed by atoms with Gasteiger partial charge in [-0.25, -0.2) is 0 Å². The molecule has 0 aromatic rings. The molecule has 0 bridgehead atoms. The van der Waals surface area contributed by atoms with Crippen LogP contribution in [0.2, 0.25) is 0 Å². The zero-order chi connectivity index (χ0) is 33.3. The molecule has 0 amide bonds. The molecule has 0 fully saturated rings. The van der Waals surface area contributed by atoms with Gasteiger partial charge >= 0.3 is 11.9 Å². The standard InChI is InChI=1S/C33H66NO9P/c1-8-9-10-11-12-13-14-15-16-17-18-19-20-23-31(35)39-28-30(29-42-44(37,38)41-27-25-34(5,6)7)43-32(36)24-21-22-26-40-33(2,3)4/h30H,8-29H2,1-7H3. The van der Waals surface area contributed by atoms with Gasteiger partial charge in [-0.15, -0.1) is 0 Å². The lowest BCUT2D eigenvalue weighted by atomic mass is 10.0. The normalized spacial score (nSPS) is 14.3. The third-order valence-corrected chi connectivity index (χ3v) is 7.92. The summed E-state index contributed by atoms with van der Waals surface area (Å²) in [5.41, 5.74) is -0.250. The number of phosphoric acid groups is 1. The van der Waals surface area contributed by atoms with Crippen molar-refractivity contribution >= 4 is 19.8 Å². The Morgan fingerprint density at radius 3 is 1.73 bits per heavy atom. The minimum Gasteiger partial charge on any atom is -0.756 e. The first-order valence-corrected chi connectivity index (χ1v) is 18.5. The number of carbonyl (C=O) groups is 2. The van der Waals surface area contributed by atoms with Gasteiger partial charge in [-0.05, 0) is 40.0 Å². The molecule has 10 nitrogen and oxygen atoms in total. The lowest BCUT2D eigenvalue weighted by molar-refractivity contribution is -0.870. The topological polar surface area (TPSA) is 120 Å². The lowest BCUT2D eigenvalue weighted by Gasteiger charge is -2.28. The predicted molar refractivity (Wildman–Crippen MR) is 173 cm³/mol. The third kappa shape index (κ3) is 31.0. The summed E-state index contributed by atoms with van der Waals surface area (Å²) >= 11 is 0. The summed E-state index contributed by atoms with van der Waals surface area (Å²) in [6.45, 7) is 8.30. The van der Waals surface area contributed by atoms with E-state index in [2.05, 4.69) is 6.92 Å². The van der Waals surface area contributed by atoms with Gasteiger partial charge in [-0.1, -0.05) is 84.0 Å². The summed E-state index contributed by atoms with van der Waals surface area (Å²) in [5.74, 6) is -0.925. The number of carbonyl (C=O) groups excluding carboxylic acids is 2. The van der Waals surface area contributed by atoms with Crippen LogP contribution < -0.4 is 4.89 Å².